The number of hydrogen-bond acceptors (Lipinski definition) is 4. The van der Waals surface area contributed by atoms with Crippen molar-refractivity contribution in [3.05, 3.63) is 33.4 Å². The third-order valence-electron chi connectivity index (χ3n) is 3.84. The van der Waals surface area contributed by atoms with Crippen molar-refractivity contribution in [3.8, 4) is 11.8 Å². The zero-order valence-corrected chi connectivity index (χ0v) is 18.2. The van der Waals surface area contributed by atoms with E-state index in [-0.39, 0.29) is 0 Å². The van der Waals surface area contributed by atoms with E-state index in [1.165, 1.54) is 19.9 Å². The van der Waals surface area contributed by atoms with Crippen LogP contribution in [0.3, 0.4) is 0 Å². The summed E-state index contributed by atoms with van der Waals surface area (Å²) in [6.45, 7) is 2.97. The highest BCUT2D eigenvalue weighted by Crippen LogP contribution is 2.46. The Bertz CT molecular complexity index is 1040. The van der Waals surface area contributed by atoms with E-state index in [2.05, 4.69) is 5.10 Å². The second kappa shape index (κ2) is 8.80. The summed E-state index contributed by atoms with van der Waals surface area (Å²) in [5, 5.41) is 11.9. The quantitative estimate of drug-likeness (QED) is 0.362. The lowest BCUT2D eigenvalue weighted by Gasteiger charge is -2.23. The molecule has 0 saturated carbocycles. The van der Waals surface area contributed by atoms with E-state index in [1.54, 1.807) is 0 Å². The van der Waals surface area contributed by atoms with Crippen molar-refractivity contribution in [2.45, 2.75) is 30.4 Å². The monoisotopic (exact) mass is 504 g/mol. The molecular formula is C17H12Cl2F6N4OS. The molecule has 2 rings (SSSR count). The van der Waals surface area contributed by atoms with Crippen LogP contribution < -0.4 is 4.90 Å². The third kappa shape index (κ3) is 5.39. The topological polar surface area (TPSA) is 61.9 Å². The molecule has 2 aromatic rings. The van der Waals surface area contributed by atoms with Crippen LogP contribution in [0.25, 0.3) is 5.69 Å². The van der Waals surface area contributed by atoms with E-state index in [0.29, 0.717) is 16.8 Å². The summed E-state index contributed by atoms with van der Waals surface area (Å²) in [6.07, 6.45) is -4.79. The molecule has 1 heterocycles. The average Bonchev–Trinajstić information content (AvgIpc) is 2.95. The number of halogens is 8. The van der Waals surface area contributed by atoms with Gasteiger partial charge in [-0.15, -0.1) is 0 Å². The standard InChI is InChI=1S/C17H12Cl2F6N4OS/c1-7(2)15(30)28(3)14-13(31-17(23,24)25)11(6-26)27-29(14)12-9(18)4-8(5-10(12)19)16(20,21)22/h4-5,7H,1-3H3. The van der Waals surface area contributed by atoms with Crippen molar-refractivity contribution in [3.63, 3.8) is 0 Å². The number of benzene rings is 1. The number of carbonyl (C=O) groups is 1. The first-order chi connectivity index (χ1) is 14.1. The first-order valence-corrected chi connectivity index (χ1v) is 9.78. The summed E-state index contributed by atoms with van der Waals surface area (Å²) >= 11 is 11.2. The first kappa shape index (κ1) is 25.2. The summed E-state index contributed by atoms with van der Waals surface area (Å²) < 4.78 is 79.2. The number of thioether (sulfide) groups is 1. The van der Waals surface area contributed by atoms with Gasteiger partial charge in [-0.05, 0) is 23.9 Å². The van der Waals surface area contributed by atoms with Crippen LogP contribution >= 0.6 is 35.0 Å². The Hall–Kier alpha value is -2.10. The van der Waals surface area contributed by atoms with E-state index >= 15 is 0 Å². The fourth-order valence-electron chi connectivity index (χ4n) is 2.55. The van der Waals surface area contributed by atoms with E-state index in [0.717, 1.165) is 11.9 Å². The number of rotatable bonds is 4. The van der Waals surface area contributed by atoms with Gasteiger partial charge in [0.05, 0.1) is 20.5 Å². The van der Waals surface area contributed by atoms with Crippen molar-refractivity contribution in [1.82, 2.24) is 9.78 Å². The molecule has 168 valence electrons. The van der Waals surface area contributed by atoms with Crippen LogP contribution in [0.5, 0.6) is 0 Å². The predicted octanol–water partition coefficient (Wildman–Crippen LogP) is 6.30. The van der Waals surface area contributed by atoms with Gasteiger partial charge < -0.3 is 0 Å². The Morgan fingerprint density at radius 1 is 1.19 bits per heavy atom. The fraction of sp³-hybridized carbons (Fsp3) is 0.353. The molecule has 0 radical (unpaired) electrons. The fourth-order valence-corrected chi connectivity index (χ4v) is 3.93. The summed E-state index contributed by atoms with van der Waals surface area (Å²) in [4.78, 5) is 12.6. The van der Waals surface area contributed by atoms with Crippen molar-refractivity contribution in [2.24, 2.45) is 5.92 Å². The largest absolute Gasteiger partial charge is 0.446 e. The smallest absolute Gasteiger partial charge is 0.299 e. The van der Waals surface area contributed by atoms with Gasteiger partial charge in [-0.1, -0.05) is 37.0 Å². The molecule has 0 unspecified atom stereocenters. The summed E-state index contributed by atoms with van der Waals surface area (Å²) in [6, 6.07) is 2.52. The Morgan fingerprint density at radius 3 is 2.10 bits per heavy atom. The number of amides is 1. The Balaban J connectivity index is 2.88. The van der Waals surface area contributed by atoms with Crippen molar-refractivity contribution in [1.29, 1.82) is 5.26 Å². The number of hydrogen-bond donors (Lipinski definition) is 0. The minimum Gasteiger partial charge on any atom is -0.299 e. The number of nitriles is 1. The Labute approximate surface area is 186 Å². The van der Waals surface area contributed by atoms with Gasteiger partial charge in [-0.25, -0.2) is 4.68 Å². The van der Waals surface area contributed by atoms with Gasteiger partial charge in [0.15, 0.2) is 11.5 Å². The van der Waals surface area contributed by atoms with Crippen molar-refractivity contribution < 1.29 is 31.1 Å². The highest BCUT2D eigenvalue weighted by atomic mass is 35.5. The molecule has 0 bridgehead atoms. The minimum atomic E-state index is -4.86. The second-order valence-corrected chi connectivity index (χ2v) is 8.30. The average molecular weight is 505 g/mol. The first-order valence-electron chi connectivity index (χ1n) is 8.21. The van der Waals surface area contributed by atoms with E-state index in [9.17, 15) is 36.4 Å². The van der Waals surface area contributed by atoms with E-state index in [1.807, 2.05) is 0 Å². The number of anilines is 1. The van der Waals surface area contributed by atoms with Gasteiger partial charge in [-0.2, -0.15) is 36.7 Å². The molecule has 0 aliphatic heterocycles. The number of alkyl halides is 6. The van der Waals surface area contributed by atoms with Crippen LogP contribution in [0.4, 0.5) is 32.2 Å². The molecule has 5 nitrogen and oxygen atoms in total. The normalized spacial score (nSPS) is 12.2. The summed E-state index contributed by atoms with van der Waals surface area (Å²) in [5.74, 6) is -1.82. The lowest BCUT2D eigenvalue weighted by atomic mass is 10.2. The molecule has 0 aliphatic rings. The second-order valence-electron chi connectivity index (χ2n) is 6.41. The van der Waals surface area contributed by atoms with Gasteiger partial charge in [0.1, 0.15) is 11.8 Å². The molecule has 1 aromatic carbocycles. The number of nitrogens with zero attached hydrogens (tertiary/aromatic N) is 4. The SMILES string of the molecule is CC(C)C(=O)N(C)c1c(SC(F)(F)F)c(C#N)nn1-c1c(Cl)cc(C(F)(F)F)cc1Cl. The lowest BCUT2D eigenvalue weighted by molar-refractivity contribution is -0.137. The molecule has 1 aromatic heterocycles. The molecule has 0 fully saturated rings. The van der Waals surface area contributed by atoms with E-state index < -0.39 is 73.0 Å². The maximum atomic E-state index is 13.2. The van der Waals surface area contributed by atoms with Crippen LogP contribution in [0.15, 0.2) is 17.0 Å². The van der Waals surface area contributed by atoms with Crippen LogP contribution in [0.2, 0.25) is 10.0 Å². The Morgan fingerprint density at radius 2 is 1.71 bits per heavy atom. The molecule has 0 spiro atoms. The Kier molecular flexibility index (Phi) is 7.14. The molecule has 1 amide bonds. The predicted molar refractivity (Wildman–Crippen MR) is 103 cm³/mol. The molecule has 0 N–H and O–H groups in total. The molecule has 31 heavy (non-hydrogen) atoms. The van der Waals surface area contributed by atoms with Crippen LogP contribution in [-0.2, 0) is 11.0 Å². The van der Waals surface area contributed by atoms with Crippen molar-refractivity contribution in [2.75, 3.05) is 11.9 Å². The van der Waals surface area contributed by atoms with Gasteiger partial charge in [0, 0.05) is 13.0 Å². The summed E-state index contributed by atoms with van der Waals surface area (Å²) in [7, 11) is 1.14. The molecule has 14 heteroatoms. The lowest BCUT2D eigenvalue weighted by Crippen LogP contribution is -2.32. The van der Waals surface area contributed by atoms with Gasteiger partial charge in [0.2, 0.25) is 5.91 Å². The highest BCUT2D eigenvalue weighted by Gasteiger charge is 2.38. The zero-order chi connectivity index (χ0) is 23.9. The molecule has 0 saturated heterocycles. The van der Waals surface area contributed by atoms with Gasteiger partial charge >= 0.3 is 11.7 Å². The van der Waals surface area contributed by atoms with Crippen LogP contribution in [-0.4, -0.2) is 28.2 Å². The molecular weight excluding hydrogens is 493 g/mol. The van der Waals surface area contributed by atoms with Crippen LogP contribution in [0, 0.1) is 17.2 Å². The van der Waals surface area contributed by atoms with Crippen LogP contribution in [0.1, 0.15) is 25.1 Å². The van der Waals surface area contributed by atoms with Gasteiger partial charge in [0.25, 0.3) is 0 Å². The maximum Gasteiger partial charge on any atom is 0.446 e. The molecule has 0 aliphatic carbocycles. The number of aromatic nitrogens is 2. The summed E-state index contributed by atoms with van der Waals surface area (Å²) in [5.41, 5.74) is -7.19. The minimum absolute atomic E-state index is 0.416. The molecule has 0 atom stereocenters. The van der Waals surface area contributed by atoms with Crippen molar-refractivity contribution >= 4 is 46.7 Å². The highest BCUT2D eigenvalue weighted by molar-refractivity contribution is 8.00. The number of carbonyl (C=O) groups excluding carboxylic acids is 1. The van der Waals surface area contributed by atoms with Gasteiger partial charge in [-0.3, -0.25) is 9.69 Å². The zero-order valence-electron chi connectivity index (χ0n) is 15.9. The third-order valence-corrected chi connectivity index (χ3v) is 5.23. The maximum absolute atomic E-state index is 13.2. The van der Waals surface area contributed by atoms with E-state index in [4.69, 9.17) is 23.2 Å².